The van der Waals surface area contributed by atoms with Gasteiger partial charge in [-0.3, -0.25) is 19.6 Å². The second kappa shape index (κ2) is 24.3. The predicted molar refractivity (Wildman–Crippen MR) is 220 cm³/mol. The van der Waals surface area contributed by atoms with Gasteiger partial charge < -0.3 is 20.1 Å². The molecular formula is C46H64N4O4. The zero-order valence-corrected chi connectivity index (χ0v) is 32.6. The summed E-state index contributed by atoms with van der Waals surface area (Å²) in [6.45, 7) is 1.45. The molecule has 8 heteroatoms. The maximum Gasteiger partial charge on any atom is 0.220 e. The number of nitrogens with one attached hydrogen (secondary N) is 2. The summed E-state index contributed by atoms with van der Waals surface area (Å²) in [5.41, 5.74) is 1.87. The van der Waals surface area contributed by atoms with Crippen LogP contribution in [0.4, 0.5) is 0 Å². The Labute approximate surface area is 323 Å². The van der Waals surface area contributed by atoms with Crippen LogP contribution >= 0.6 is 0 Å². The van der Waals surface area contributed by atoms with E-state index in [1.54, 1.807) is 0 Å². The summed E-state index contributed by atoms with van der Waals surface area (Å²) < 4.78 is 12.0. The standard InChI is InChI=1S/C46H64N4O4/c51-43(31-13-9-5-1-3-7-11-17-35-53-41-29-19-23-37-25-21-33-47-45(37)41)49-39-27-15-16-28-40(39)50-44(52)32-14-10-6-2-4-8-12-18-36-54-42-30-20-24-38-26-22-34-48-46(38)42/h19-26,29-30,33-34,39-40H,1-18,27-28,31-32,35-36H2,(H,49,51)(H,50,52)/t39-,40-/m1/s1. The first kappa shape index (κ1) is 41.0. The minimum Gasteiger partial charge on any atom is -0.491 e. The highest BCUT2D eigenvalue weighted by molar-refractivity contribution is 5.85. The summed E-state index contributed by atoms with van der Waals surface area (Å²) in [7, 11) is 0. The molecule has 1 aliphatic rings. The number of amides is 2. The second-order valence-electron chi connectivity index (χ2n) is 15.1. The first-order valence-corrected chi connectivity index (χ1v) is 21.2. The molecule has 0 unspecified atom stereocenters. The van der Waals surface area contributed by atoms with Gasteiger partial charge in [0.1, 0.15) is 22.5 Å². The van der Waals surface area contributed by atoms with Crippen molar-refractivity contribution in [2.45, 2.75) is 153 Å². The van der Waals surface area contributed by atoms with Crippen molar-refractivity contribution < 1.29 is 19.1 Å². The zero-order valence-electron chi connectivity index (χ0n) is 32.6. The maximum atomic E-state index is 12.8. The van der Waals surface area contributed by atoms with E-state index in [1.165, 1.54) is 64.2 Å². The number of hydrogen-bond acceptors (Lipinski definition) is 6. The van der Waals surface area contributed by atoms with Gasteiger partial charge in [-0.1, -0.05) is 126 Å². The van der Waals surface area contributed by atoms with E-state index in [9.17, 15) is 9.59 Å². The molecule has 1 saturated carbocycles. The van der Waals surface area contributed by atoms with E-state index in [-0.39, 0.29) is 23.9 Å². The van der Waals surface area contributed by atoms with E-state index in [4.69, 9.17) is 9.47 Å². The molecule has 5 rings (SSSR count). The molecule has 0 bridgehead atoms. The fourth-order valence-corrected chi connectivity index (χ4v) is 7.68. The van der Waals surface area contributed by atoms with Crippen LogP contribution in [-0.2, 0) is 9.59 Å². The number of nitrogens with zero attached hydrogens (tertiary/aromatic N) is 2. The Hall–Kier alpha value is -4.20. The average molecular weight is 737 g/mol. The van der Waals surface area contributed by atoms with Gasteiger partial charge in [-0.05, 0) is 62.8 Å². The number of benzene rings is 2. The summed E-state index contributed by atoms with van der Waals surface area (Å²) in [6, 6.07) is 20.3. The lowest BCUT2D eigenvalue weighted by molar-refractivity contribution is -0.125. The minimum absolute atomic E-state index is 0.0603. The number of rotatable bonds is 26. The van der Waals surface area contributed by atoms with Gasteiger partial charge in [0, 0.05) is 48.1 Å². The van der Waals surface area contributed by atoms with Crippen molar-refractivity contribution in [2.24, 2.45) is 0 Å². The highest BCUT2D eigenvalue weighted by Gasteiger charge is 2.27. The Morgan fingerprint density at radius 1 is 0.500 bits per heavy atom. The van der Waals surface area contributed by atoms with Gasteiger partial charge in [-0.2, -0.15) is 0 Å². The molecule has 0 aliphatic heterocycles. The average Bonchev–Trinajstić information content (AvgIpc) is 3.20. The number of unbranched alkanes of at least 4 members (excludes halogenated alkanes) is 14. The van der Waals surface area contributed by atoms with Crippen molar-refractivity contribution >= 4 is 33.6 Å². The predicted octanol–water partition coefficient (Wildman–Crippen LogP) is 10.8. The van der Waals surface area contributed by atoms with Crippen LogP contribution in [0.25, 0.3) is 21.8 Å². The zero-order chi connectivity index (χ0) is 37.5. The lowest BCUT2D eigenvalue weighted by Gasteiger charge is -2.33. The summed E-state index contributed by atoms with van der Waals surface area (Å²) >= 11 is 0. The Kier molecular flexibility index (Phi) is 18.4. The van der Waals surface area contributed by atoms with Crippen LogP contribution < -0.4 is 20.1 Å². The molecule has 0 radical (unpaired) electrons. The molecule has 8 nitrogen and oxygen atoms in total. The Balaban J connectivity index is 0.810. The smallest absolute Gasteiger partial charge is 0.220 e. The Bertz CT molecular complexity index is 1550. The lowest BCUT2D eigenvalue weighted by Crippen LogP contribution is -2.53. The van der Waals surface area contributed by atoms with E-state index in [2.05, 4.69) is 44.9 Å². The van der Waals surface area contributed by atoms with Gasteiger partial charge in [-0.25, -0.2) is 0 Å². The minimum atomic E-state index is 0.0603. The summed E-state index contributed by atoms with van der Waals surface area (Å²) in [4.78, 5) is 34.5. The van der Waals surface area contributed by atoms with Crippen LogP contribution in [0.3, 0.4) is 0 Å². The molecule has 2 aromatic heterocycles. The van der Waals surface area contributed by atoms with Crippen molar-refractivity contribution in [3.05, 3.63) is 73.1 Å². The number of ether oxygens (including phenoxy) is 2. The van der Waals surface area contributed by atoms with Gasteiger partial charge >= 0.3 is 0 Å². The number of carbonyl (C=O) groups is 2. The fourth-order valence-electron chi connectivity index (χ4n) is 7.68. The molecular weight excluding hydrogens is 673 g/mol. The molecule has 2 aromatic carbocycles. The highest BCUT2D eigenvalue weighted by Crippen LogP contribution is 2.25. The first-order valence-electron chi connectivity index (χ1n) is 21.2. The highest BCUT2D eigenvalue weighted by atomic mass is 16.5. The van der Waals surface area contributed by atoms with Crippen LogP contribution in [0.15, 0.2) is 73.1 Å². The van der Waals surface area contributed by atoms with Gasteiger partial charge in [0.05, 0.1) is 13.2 Å². The van der Waals surface area contributed by atoms with E-state index < -0.39 is 0 Å². The van der Waals surface area contributed by atoms with E-state index in [0.717, 1.165) is 111 Å². The van der Waals surface area contributed by atoms with E-state index >= 15 is 0 Å². The van der Waals surface area contributed by atoms with Crippen molar-refractivity contribution in [1.82, 2.24) is 20.6 Å². The van der Waals surface area contributed by atoms with Crippen molar-refractivity contribution in [1.29, 1.82) is 0 Å². The maximum absolute atomic E-state index is 12.8. The molecule has 2 amide bonds. The quantitative estimate of drug-likeness (QED) is 0.0622. The van der Waals surface area contributed by atoms with Crippen molar-refractivity contribution in [3.63, 3.8) is 0 Å². The molecule has 1 aliphatic carbocycles. The third-order valence-corrected chi connectivity index (χ3v) is 10.8. The number of para-hydroxylation sites is 2. The first-order chi connectivity index (χ1) is 26.7. The van der Waals surface area contributed by atoms with Gasteiger partial charge in [-0.15, -0.1) is 0 Å². The number of pyridine rings is 2. The largest absolute Gasteiger partial charge is 0.491 e. The van der Waals surface area contributed by atoms with Crippen LogP contribution in [0.1, 0.15) is 141 Å². The van der Waals surface area contributed by atoms with Crippen molar-refractivity contribution in [3.8, 4) is 11.5 Å². The van der Waals surface area contributed by atoms with Crippen LogP contribution in [0.5, 0.6) is 11.5 Å². The molecule has 292 valence electrons. The molecule has 0 spiro atoms. The van der Waals surface area contributed by atoms with Crippen LogP contribution in [-0.4, -0.2) is 47.1 Å². The topological polar surface area (TPSA) is 102 Å². The second-order valence-corrected chi connectivity index (χ2v) is 15.1. The summed E-state index contributed by atoms with van der Waals surface area (Å²) in [5.74, 6) is 2.01. The van der Waals surface area contributed by atoms with Gasteiger partial charge in [0.25, 0.3) is 0 Å². The van der Waals surface area contributed by atoms with Gasteiger partial charge in [0.15, 0.2) is 0 Å². The SMILES string of the molecule is O=C(CCCCCCCCCCOc1cccc2cccnc12)N[C@@H]1CCCC[C@H]1NC(=O)CCCCCCCCCCOc1cccc2cccnc12. The fraction of sp³-hybridized carbons (Fsp3) is 0.565. The normalized spacial score (nSPS) is 15.6. The van der Waals surface area contributed by atoms with Crippen LogP contribution in [0, 0.1) is 0 Å². The van der Waals surface area contributed by atoms with E-state index in [1.807, 2.05) is 48.8 Å². The van der Waals surface area contributed by atoms with E-state index in [0.29, 0.717) is 12.8 Å². The molecule has 1 fully saturated rings. The molecule has 2 heterocycles. The Morgan fingerprint density at radius 2 is 0.870 bits per heavy atom. The third-order valence-electron chi connectivity index (χ3n) is 10.8. The molecule has 2 N–H and O–H groups in total. The summed E-state index contributed by atoms with van der Waals surface area (Å²) in [5, 5.41) is 8.76. The number of hydrogen-bond donors (Lipinski definition) is 2. The summed E-state index contributed by atoms with van der Waals surface area (Å²) in [6.07, 6.45) is 27.1. The number of aromatic nitrogens is 2. The molecule has 4 aromatic rings. The molecule has 0 saturated heterocycles. The molecule has 2 atom stereocenters. The van der Waals surface area contributed by atoms with Crippen molar-refractivity contribution in [2.75, 3.05) is 13.2 Å². The number of carbonyl (C=O) groups excluding carboxylic acids is 2. The molecule has 54 heavy (non-hydrogen) atoms. The van der Waals surface area contributed by atoms with Crippen LogP contribution in [0.2, 0.25) is 0 Å². The third kappa shape index (κ3) is 14.6. The van der Waals surface area contributed by atoms with Gasteiger partial charge in [0.2, 0.25) is 11.8 Å². The monoisotopic (exact) mass is 736 g/mol. The Morgan fingerprint density at radius 3 is 1.30 bits per heavy atom. The number of fused-ring (bicyclic) bond motifs is 2. The lowest BCUT2D eigenvalue weighted by atomic mass is 9.90.